The molecule has 0 aliphatic rings. The lowest BCUT2D eigenvalue weighted by molar-refractivity contribution is -0.134. The van der Waals surface area contributed by atoms with Gasteiger partial charge in [-0.25, -0.2) is 9.59 Å². The third-order valence-electron chi connectivity index (χ3n) is 4.35. The largest absolute Gasteiger partial charge is 0.506 e. The highest BCUT2D eigenvalue weighted by Gasteiger charge is 2.12. The normalized spacial score (nSPS) is 11.5. The van der Waals surface area contributed by atoms with Crippen molar-refractivity contribution < 1.29 is 50.5 Å². The minimum absolute atomic E-state index is 0. The molecular formula is C23H32N2O10. The van der Waals surface area contributed by atoms with Gasteiger partial charge < -0.3 is 46.7 Å². The van der Waals surface area contributed by atoms with E-state index in [1.165, 1.54) is 11.6 Å². The van der Waals surface area contributed by atoms with Crippen LogP contribution in [0.15, 0.2) is 54.6 Å². The first-order chi connectivity index (χ1) is 15.7. The van der Waals surface area contributed by atoms with Crippen LogP contribution in [0.25, 0.3) is 0 Å². The van der Waals surface area contributed by atoms with Crippen molar-refractivity contribution in [2.75, 3.05) is 19.0 Å². The lowest BCUT2D eigenvalue weighted by Gasteiger charge is -2.18. The number of ether oxygens (including phenoxy) is 1. The van der Waals surface area contributed by atoms with E-state index in [0.29, 0.717) is 30.7 Å². The Kier molecular flexibility index (Phi) is 16.6. The van der Waals surface area contributed by atoms with Crippen molar-refractivity contribution in [3.8, 4) is 11.5 Å². The monoisotopic (exact) mass is 496 g/mol. The summed E-state index contributed by atoms with van der Waals surface area (Å²) in [7, 11) is 1.64. The van der Waals surface area contributed by atoms with E-state index in [0.717, 1.165) is 12.2 Å². The number of phenolic OH excluding ortho intramolecular Hbond substituents is 1. The van der Waals surface area contributed by atoms with Crippen molar-refractivity contribution in [3.63, 3.8) is 0 Å². The summed E-state index contributed by atoms with van der Waals surface area (Å²) in [6.07, 6.45) is 1.68. The van der Waals surface area contributed by atoms with E-state index < -0.39 is 18.0 Å². The second kappa shape index (κ2) is 17.5. The Morgan fingerprint density at radius 2 is 1.60 bits per heavy atom. The fourth-order valence-electron chi connectivity index (χ4n) is 2.70. The summed E-state index contributed by atoms with van der Waals surface area (Å²) in [6, 6.07) is 12.7. The molecule has 0 heterocycles. The van der Waals surface area contributed by atoms with Gasteiger partial charge in [-0.2, -0.15) is 0 Å². The molecule has 0 saturated carbocycles. The highest BCUT2D eigenvalue weighted by Crippen LogP contribution is 2.26. The molecule has 0 aliphatic heterocycles. The standard InChI is InChI=1S/C19H24N2O4.C4H4O4.2H2O/c1-13(9-14-3-6-16(25-2)7-4-14)20-11-19(24)15-5-8-18(23)17(10-15)21-12-22;5-3(6)1-2-4(7)8;;/h3-8,10,12-13,19-20,23-24H,9,11H2,1-2H3,(H,21,22);1-2H,(H,5,6)(H,7,8);2*1H2. The Morgan fingerprint density at radius 3 is 2.09 bits per heavy atom. The quantitative estimate of drug-likeness (QED) is 0.142. The van der Waals surface area contributed by atoms with Gasteiger partial charge in [-0.3, -0.25) is 4.79 Å². The first kappa shape index (κ1) is 33.2. The first-order valence-corrected chi connectivity index (χ1v) is 9.87. The van der Waals surface area contributed by atoms with Crippen LogP contribution in [-0.4, -0.2) is 69.4 Å². The van der Waals surface area contributed by atoms with Gasteiger partial charge in [0.1, 0.15) is 11.5 Å². The van der Waals surface area contributed by atoms with Crippen molar-refractivity contribution in [2.24, 2.45) is 0 Å². The predicted octanol–water partition coefficient (Wildman–Crippen LogP) is 0.286. The van der Waals surface area contributed by atoms with Crippen LogP contribution in [0, 0.1) is 0 Å². The zero-order valence-corrected chi connectivity index (χ0v) is 19.3. The summed E-state index contributed by atoms with van der Waals surface area (Å²) in [4.78, 5) is 29.6. The van der Waals surface area contributed by atoms with Crippen molar-refractivity contribution >= 4 is 24.0 Å². The molecule has 0 bridgehead atoms. The average molecular weight is 497 g/mol. The van der Waals surface area contributed by atoms with Gasteiger partial charge in [0.25, 0.3) is 0 Å². The maximum Gasteiger partial charge on any atom is 0.328 e. The molecule has 0 radical (unpaired) electrons. The summed E-state index contributed by atoms with van der Waals surface area (Å²) in [5.74, 6) is -1.73. The van der Waals surface area contributed by atoms with Gasteiger partial charge in [0.15, 0.2) is 0 Å². The van der Waals surface area contributed by atoms with E-state index in [4.69, 9.17) is 14.9 Å². The second-order valence-corrected chi connectivity index (χ2v) is 6.93. The summed E-state index contributed by atoms with van der Waals surface area (Å²) in [5, 5.41) is 41.3. The summed E-state index contributed by atoms with van der Waals surface area (Å²) in [5.41, 5.74) is 2.07. The molecule has 35 heavy (non-hydrogen) atoms. The van der Waals surface area contributed by atoms with E-state index in [-0.39, 0.29) is 28.4 Å². The number of phenols is 1. The highest BCUT2D eigenvalue weighted by atomic mass is 16.5. The van der Waals surface area contributed by atoms with Crippen LogP contribution < -0.4 is 15.4 Å². The molecule has 12 heteroatoms. The number of nitrogens with one attached hydrogen (secondary N) is 2. The van der Waals surface area contributed by atoms with Crippen LogP contribution in [0.3, 0.4) is 0 Å². The molecule has 2 rings (SSSR count). The van der Waals surface area contributed by atoms with E-state index in [1.54, 1.807) is 19.2 Å². The topological polar surface area (TPSA) is 228 Å². The molecule has 0 spiro atoms. The van der Waals surface area contributed by atoms with Crippen molar-refractivity contribution in [2.45, 2.75) is 25.5 Å². The zero-order chi connectivity index (χ0) is 24.8. The lowest BCUT2D eigenvalue weighted by Crippen LogP contribution is -2.32. The Morgan fingerprint density at radius 1 is 1.03 bits per heavy atom. The van der Waals surface area contributed by atoms with Crippen LogP contribution in [0.5, 0.6) is 11.5 Å². The minimum Gasteiger partial charge on any atom is -0.506 e. The molecule has 10 N–H and O–H groups in total. The third-order valence-corrected chi connectivity index (χ3v) is 4.35. The molecule has 194 valence electrons. The average Bonchev–Trinajstić information content (AvgIpc) is 2.78. The molecule has 12 nitrogen and oxygen atoms in total. The first-order valence-electron chi connectivity index (χ1n) is 9.87. The molecule has 2 aromatic rings. The lowest BCUT2D eigenvalue weighted by atomic mass is 10.1. The van der Waals surface area contributed by atoms with Crippen molar-refractivity contribution in [3.05, 3.63) is 65.7 Å². The fraction of sp³-hybridized carbons (Fsp3) is 0.261. The van der Waals surface area contributed by atoms with Gasteiger partial charge in [0, 0.05) is 24.7 Å². The molecule has 0 aliphatic carbocycles. The minimum atomic E-state index is -1.26. The van der Waals surface area contributed by atoms with Crippen LogP contribution in [0.1, 0.15) is 24.2 Å². The maximum atomic E-state index is 10.5. The molecule has 2 unspecified atom stereocenters. The Hall–Kier alpha value is -3.97. The zero-order valence-electron chi connectivity index (χ0n) is 19.3. The van der Waals surface area contributed by atoms with Gasteiger partial charge >= 0.3 is 11.9 Å². The predicted molar refractivity (Wildman–Crippen MR) is 129 cm³/mol. The molecule has 2 atom stereocenters. The highest BCUT2D eigenvalue weighted by molar-refractivity contribution is 5.89. The maximum absolute atomic E-state index is 10.5. The number of aliphatic carboxylic acids is 2. The number of aliphatic hydroxyl groups excluding tert-OH is 1. The number of carboxylic acid groups (broad SMARTS) is 2. The van der Waals surface area contributed by atoms with Crippen LogP contribution in [0.4, 0.5) is 5.69 Å². The number of anilines is 1. The number of methoxy groups -OCH3 is 1. The van der Waals surface area contributed by atoms with Crippen LogP contribution >= 0.6 is 0 Å². The number of hydrogen-bond acceptors (Lipinski definition) is 7. The number of hydrogen-bond donors (Lipinski definition) is 6. The molecule has 0 saturated heterocycles. The van der Waals surface area contributed by atoms with Gasteiger partial charge in [0.2, 0.25) is 6.41 Å². The number of carbonyl (C=O) groups excluding carboxylic acids is 1. The Balaban J connectivity index is 0. The fourth-order valence-corrected chi connectivity index (χ4v) is 2.70. The molecular weight excluding hydrogens is 464 g/mol. The third kappa shape index (κ3) is 13.4. The Labute approximate surface area is 202 Å². The van der Waals surface area contributed by atoms with Gasteiger partial charge in [0.05, 0.1) is 18.9 Å². The van der Waals surface area contributed by atoms with E-state index in [2.05, 4.69) is 10.6 Å². The molecule has 0 fully saturated rings. The number of aliphatic hydroxyl groups is 1. The molecule has 2 aromatic carbocycles. The summed E-state index contributed by atoms with van der Waals surface area (Å²) < 4.78 is 5.14. The SMILES string of the molecule is COc1ccc(CC(C)NCC(O)c2ccc(O)c(NC=O)c2)cc1.O.O.O=C(O)C=CC(=O)O. The Bertz CT molecular complexity index is 932. The van der Waals surface area contributed by atoms with Crippen molar-refractivity contribution in [1.29, 1.82) is 0 Å². The van der Waals surface area contributed by atoms with Crippen molar-refractivity contribution in [1.82, 2.24) is 5.32 Å². The van der Waals surface area contributed by atoms with E-state index in [9.17, 15) is 24.6 Å². The van der Waals surface area contributed by atoms with E-state index in [1.807, 2.05) is 31.2 Å². The van der Waals surface area contributed by atoms with E-state index >= 15 is 0 Å². The summed E-state index contributed by atoms with van der Waals surface area (Å²) in [6.45, 7) is 2.41. The number of carboxylic acids is 2. The van der Waals surface area contributed by atoms with Gasteiger partial charge in [-0.15, -0.1) is 0 Å². The second-order valence-electron chi connectivity index (χ2n) is 6.93. The number of benzene rings is 2. The van der Waals surface area contributed by atoms with Gasteiger partial charge in [-0.1, -0.05) is 18.2 Å². The number of carbonyl (C=O) groups is 3. The number of amides is 1. The number of rotatable bonds is 11. The molecule has 0 aromatic heterocycles. The summed E-state index contributed by atoms with van der Waals surface area (Å²) >= 11 is 0. The van der Waals surface area contributed by atoms with Gasteiger partial charge in [-0.05, 0) is 48.7 Å². The van der Waals surface area contributed by atoms with Crippen LogP contribution in [0.2, 0.25) is 0 Å². The molecule has 1 amide bonds. The van der Waals surface area contributed by atoms with Crippen LogP contribution in [-0.2, 0) is 20.8 Å². The smallest absolute Gasteiger partial charge is 0.328 e. The number of aromatic hydroxyl groups is 1.